The fourth-order valence-electron chi connectivity index (χ4n) is 0.849. The van der Waals surface area contributed by atoms with Crippen molar-refractivity contribution < 1.29 is 25.8 Å². The van der Waals surface area contributed by atoms with Gasteiger partial charge >= 0.3 is 21.1 Å². The minimum atomic E-state index is 0. The molecular formula is C9H12INOSW. The van der Waals surface area contributed by atoms with Gasteiger partial charge in [-0.2, -0.15) is 0 Å². The van der Waals surface area contributed by atoms with Crippen LogP contribution in [0, 0.1) is 0 Å². The van der Waals surface area contributed by atoms with E-state index in [1.807, 2.05) is 18.2 Å². The molecule has 1 aromatic carbocycles. The Kier molecular flexibility index (Phi) is 17.2. The average Bonchev–Trinajstić information content (AvgIpc) is 2.23. The quantitative estimate of drug-likeness (QED) is 0.366. The van der Waals surface area contributed by atoms with Crippen LogP contribution in [0.2, 0.25) is 0 Å². The molecule has 14 heavy (non-hydrogen) atoms. The van der Waals surface area contributed by atoms with Crippen LogP contribution in [-0.4, -0.2) is 13.8 Å². The maximum absolute atomic E-state index is 4.80. The molecule has 0 unspecified atom stereocenters. The molecule has 0 aliphatic carbocycles. The van der Waals surface area contributed by atoms with Crippen molar-refractivity contribution in [2.24, 2.45) is 0 Å². The maximum atomic E-state index is 4.80. The van der Waals surface area contributed by atoms with E-state index in [0.29, 0.717) is 6.73 Å². The molecule has 0 amide bonds. The van der Waals surface area contributed by atoms with Crippen LogP contribution in [0.15, 0.2) is 30.3 Å². The molecule has 1 aromatic rings. The molecular weight excluding hydrogens is 481 g/mol. The van der Waals surface area contributed by atoms with Crippen molar-refractivity contribution in [2.75, 3.05) is 13.8 Å². The molecule has 0 aromatic heterocycles. The van der Waals surface area contributed by atoms with E-state index in [1.54, 1.807) is 28.3 Å². The van der Waals surface area contributed by atoms with Crippen LogP contribution in [0.5, 0.6) is 0 Å². The van der Waals surface area contributed by atoms with Gasteiger partial charge in [-0.1, -0.05) is 35.9 Å². The molecule has 0 bridgehead atoms. The third kappa shape index (κ3) is 9.46. The first-order valence-electron chi connectivity index (χ1n) is 3.75. The van der Waals surface area contributed by atoms with Gasteiger partial charge in [-0.3, -0.25) is 21.2 Å². The van der Waals surface area contributed by atoms with E-state index in [2.05, 4.69) is 27.2 Å². The first-order chi connectivity index (χ1) is 6.43. The van der Waals surface area contributed by atoms with E-state index in [9.17, 15) is 0 Å². The molecule has 0 aliphatic rings. The molecule has 0 saturated carbocycles. The molecule has 0 saturated heterocycles. The van der Waals surface area contributed by atoms with Crippen molar-refractivity contribution >= 4 is 31.0 Å². The Balaban J connectivity index is 0. The molecule has 0 N–H and O–H groups in total. The molecule has 78 valence electrons. The van der Waals surface area contributed by atoms with Crippen molar-refractivity contribution in [3.8, 4) is 0 Å². The Morgan fingerprint density at radius 2 is 1.86 bits per heavy atom. The summed E-state index contributed by atoms with van der Waals surface area (Å²) in [6.45, 7) is 1.23. The summed E-state index contributed by atoms with van der Waals surface area (Å²) < 4.78 is 4.80. The van der Waals surface area contributed by atoms with Gasteiger partial charge in [-0.25, -0.2) is 0 Å². The zero-order valence-electron chi connectivity index (χ0n) is 7.85. The number of rotatable bonds is 4. The molecule has 0 fully saturated rings. The third-order valence-electron chi connectivity index (χ3n) is 1.36. The molecule has 5 heteroatoms. The zero-order valence-corrected chi connectivity index (χ0v) is 13.8. The van der Waals surface area contributed by atoms with Gasteiger partial charge in [-0.15, -0.1) is 6.54 Å². The molecule has 1 rings (SSSR count). The standard InChI is InChI=1S/C9H12NO.IS.W/c1-11-8-10-7-9-5-3-2-4-6-9;1-2;/h2-6H,7-8H2,1H3;;/q2*-1;+2. The smallest absolute Gasteiger partial charge is 0.713 e. The topological polar surface area (TPSA) is 23.3 Å². The summed E-state index contributed by atoms with van der Waals surface area (Å²) in [5.41, 5.74) is 1.23. The van der Waals surface area contributed by atoms with Gasteiger partial charge < -0.3 is 19.9 Å². The second kappa shape index (κ2) is 13.9. The van der Waals surface area contributed by atoms with E-state index >= 15 is 0 Å². The van der Waals surface area contributed by atoms with Crippen LogP contribution in [0.3, 0.4) is 0 Å². The van der Waals surface area contributed by atoms with Crippen molar-refractivity contribution in [3.63, 3.8) is 0 Å². The number of hydrogen-bond acceptors (Lipinski definition) is 2. The van der Waals surface area contributed by atoms with Crippen LogP contribution in [-0.2, 0) is 42.1 Å². The summed E-state index contributed by atoms with van der Waals surface area (Å²) in [4.78, 5) is 0. The zero-order chi connectivity index (χ0) is 9.94. The Morgan fingerprint density at radius 1 is 1.29 bits per heavy atom. The Morgan fingerprint density at radius 3 is 2.36 bits per heavy atom. The van der Waals surface area contributed by atoms with E-state index < -0.39 is 0 Å². The normalized spacial score (nSPS) is 8.21. The number of nitrogens with zero attached hydrogens (tertiary/aromatic N) is 1. The number of benzene rings is 1. The van der Waals surface area contributed by atoms with Gasteiger partial charge in [-0.05, 0) is 6.73 Å². The predicted molar refractivity (Wildman–Crippen MR) is 66.8 cm³/mol. The molecule has 0 spiro atoms. The van der Waals surface area contributed by atoms with E-state index in [0.717, 1.165) is 6.54 Å². The van der Waals surface area contributed by atoms with Crippen molar-refractivity contribution in [1.82, 2.24) is 0 Å². The molecule has 0 radical (unpaired) electrons. The molecule has 0 aliphatic heterocycles. The van der Waals surface area contributed by atoms with Gasteiger partial charge in [0.2, 0.25) is 0 Å². The summed E-state index contributed by atoms with van der Waals surface area (Å²) in [5.74, 6) is 0. The number of ether oxygens (including phenoxy) is 1. The van der Waals surface area contributed by atoms with Crippen molar-refractivity contribution in [2.45, 2.75) is 6.54 Å². The summed E-state index contributed by atoms with van der Waals surface area (Å²) in [6, 6.07) is 10.1. The molecule has 2 nitrogen and oxygen atoms in total. The largest absolute Gasteiger partial charge is 2.00 e. The number of methoxy groups -OCH3 is 1. The van der Waals surface area contributed by atoms with Crippen LogP contribution in [0.1, 0.15) is 5.56 Å². The minimum Gasteiger partial charge on any atom is -0.713 e. The number of hydrogen-bond donors (Lipinski definition) is 0. The Labute approximate surface area is 117 Å². The summed E-state index contributed by atoms with van der Waals surface area (Å²) in [5, 5.41) is 4.14. The molecule has 0 heterocycles. The van der Waals surface area contributed by atoms with E-state index in [1.165, 1.54) is 5.56 Å². The summed E-state index contributed by atoms with van der Waals surface area (Å²) in [6.07, 6.45) is 0. The first kappa shape index (κ1) is 17.3. The van der Waals surface area contributed by atoms with Gasteiger partial charge in [0.1, 0.15) is 0 Å². The second-order valence-electron chi connectivity index (χ2n) is 2.29. The third-order valence-corrected chi connectivity index (χ3v) is 1.36. The van der Waals surface area contributed by atoms with Gasteiger partial charge in [0, 0.05) is 7.11 Å². The monoisotopic (exact) mass is 493 g/mol. The Bertz CT molecular complexity index is 201. The second-order valence-corrected chi connectivity index (χ2v) is 2.29. The average molecular weight is 493 g/mol. The summed E-state index contributed by atoms with van der Waals surface area (Å²) in [7, 11) is 5.70. The van der Waals surface area contributed by atoms with E-state index in [-0.39, 0.29) is 21.1 Å². The van der Waals surface area contributed by atoms with Crippen LogP contribution in [0.4, 0.5) is 0 Å². The summed E-state index contributed by atoms with van der Waals surface area (Å²) >= 11 is 1.73. The fraction of sp³-hybridized carbons (Fsp3) is 0.333. The van der Waals surface area contributed by atoms with Crippen molar-refractivity contribution in [1.29, 1.82) is 0 Å². The van der Waals surface area contributed by atoms with Crippen LogP contribution >= 0.6 is 21.2 Å². The predicted octanol–water partition coefficient (Wildman–Crippen LogP) is 3.05. The van der Waals surface area contributed by atoms with Gasteiger partial charge in [0.05, 0.1) is 0 Å². The van der Waals surface area contributed by atoms with E-state index in [4.69, 9.17) is 4.74 Å². The Hall–Kier alpha value is 0.908. The van der Waals surface area contributed by atoms with Gasteiger partial charge in [0.25, 0.3) is 0 Å². The van der Waals surface area contributed by atoms with Crippen molar-refractivity contribution in [3.05, 3.63) is 41.2 Å². The van der Waals surface area contributed by atoms with Crippen LogP contribution in [0.25, 0.3) is 5.32 Å². The minimum absolute atomic E-state index is 0. The molecule has 0 atom stereocenters. The van der Waals surface area contributed by atoms with Gasteiger partial charge in [0.15, 0.2) is 0 Å². The fourth-order valence-corrected chi connectivity index (χ4v) is 0.849. The first-order valence-corrected chi connectivity index (χ1v) is 6.70. The number of halogens is 1. The van der Waals surface area contributed by atoms with Crippen LogP contribution < -0.4 is 0 Å². The maximum Gasteiger partial charge on any atom is 2.00 e. The SMILES string of the molecule is COC[N-]Cc1ccccc1.[S-]I.[W+2].